The number of amides is 1. The smallest absolute Gasteiger partial charge is 0.245 e. The first-order chi connectivity index (χ1) is 9.19. The Morgan fingerprint density at radius 1 is 1.16 bits per heavy atom. The normalized spacial score (nSPS) is 36.9. The molecule has 2 N–H and O–H groups in total. The van der Waals surface area contributed by atoms with Crippen molar-refractivity contribution in [3.63, 3.8) is 0 Å². The van der Waals surface area contributed by atoms with Crippen LogP contribution in [0.25, 0.3) is 0 Å². The van der Waals surface area contributed by atoms with Gasteiger partial charge in [-0.15, -0.1) is 0 Å². The van der Waals surface area contributed by atoms with Crippen LogP contribution < -0.4 is 5.73 Å². The predicted molar refractivity (Wildman–Crippen MR) is 69.7 cm³/mol. The van der Waals surface area contributed by atoms with Crippen molar-refractivity contribution in [2.75, 3.05) is 52.6 Å². The SMILES string of the molecule is NC1(C(=O)N2CCC(N3CCOCC3)C2)CCOC1. The van der Waals surface area contributed by atoms with E-state index in [9.17, 15) is 4.79 Å². The lowest BCUT2D eigenvalue weighted by Crippen LogP contribution is -2.56. The van der Waals surface area contributed by atoms with Gasteiger partial charge in [-0.3, -0.25) is 9.69 Å². The van der Waals surface area contributed by atoms with E-state index < -0.39 is 5.54 Å². The molecule has 0 aromatic carbocycles. The van der Waals surface area contributed by atoms with Crippen LogP contribution in [0.4, 0.5) is 0 Å². The molecule has 3 aliphatic rings. The summed E-state index contributed by atoms with van der Waals surface area (Å²) in [7, 11) is 0. The summed E-state index contributed by atoms with van der Waals surface area (Å²) in [6.07, 6.45) is 1.69. The number of rotatable bonds is 2. The molecule has 3 fully saturated rings. The highest BCUT2D eigenvalue weighted by atomic mass is 16.5. The van der Waals surface area contributed by atoms with Crippen molar-refractivity contribution in [3.8, 4) is 0 Å². The number of nitrogens with two attached hydrogens (primary N) is 1. The lowest BCUT2D eigenvalue weighted by atomic mass is 9.98. The molecule has 6 nitrogen and oxygen atoms in total. The molecule has 2 unspecified atom stereocenters. The number of nitrogens with zero attached hydrogens (tertiary/aromatic N) is 2. The van der Waals surface area contributed by atoms with Gasteiger partial charge in [0.15, 0.2) is 0 Å². The van der Waals surface area contributed by atoms with E-state index in [4.69, 9.17) is 15.2 Å². The Kier molecular flexibility index (Phi) is 3.75. The van der Waals surface area contributed by atoms with Crippen molar-refractivity contribution in [2.24, 2.45) is 5.73 Å². The van der Waals surface area contributed by atoms with Gasteiger partial charge in [0.25, 0.3) is 0 Å². The molecule has 3 rings (SSSR count). The van der Waals surface area contributed by atoms with Crippen LogP contribution in [0.3, 0.4) is 0 Å². The Labute approximate surface area is 113 Å². The second kappa shape index (κ2) is 5.36. The highest BCUT2D eigenvalue weighted by Crippen LogP contribution is 2.23. The van der Waals surface area contributed by atoms with Crippen molar-refractivity contribution in [3.05, 3.63) is 0 Å². The highest BCUT2D eigenvalue weighted by Gasteiger charge is 2.43. The minimum absolute atomic E-state index is 0.0701. The van der Waals surface area contributed by atoms with Crippen molar-refractivity contribution in [1.82, 2.24) is 9.80 Å². The van der Waals surface area contributed by atoms with Crippen molar-refractivity contribution in [2.45, 2.75) is 24.4 Å². The van der Waals surface area contributed by atoms with Crippen molar-refractivity contribution < 1.29 is 14.3 Å². The standard InChI is InChI=1S/C13H23N3O3/c14-13(2-6-19-10-13)12(17)16-3-1-11(9-16)15-4-7-18-8-5-15/h11H,1-10,14H2. The summed E-state index contributed by atoms with van der Waals surface area (Å²) in [4.78, 5) is 16.8. The zero-order chi connectivity index (χ0) is 13.3. The lowest BCUT2D eigenvalue weighted by Gasteiger charge is -2.33. The first-order valence-electron chi connectivity index (χ1n) is 7.17. The monoisotopic (exact) mass is 269 g/mol. The summed E-state index contributed by atoms with van der Waals surface area (Å²) in [6, 6.07) is 0.471. The molecule has 19 heavy (non-hydrogen) atoms. The fourth-order valence-electron chi connectivity index (χ4n) is 3.23. The van der Waals surface area contributed by atoms with Crippen LogP contribution in [0.1, 0.15) is 12.8 Å². The van der Waals surface area contributed by atoms with Gasteiger partial charge in [-0.1, -0.05) is 0 Å². The molecular weight excluding hydrogens is 246 g/mol. The van der Waals surface area contributed by atoms with Crippen LogP contribution in [0.15, 0.2) is 0 Å². The molecule has 3 heterocycles. The molecule has 3 saturated heterocycles. The van der Waals surface area contributed by atoms with E-state index in [-0.39, 0.29) is 5.91 Å². The Balaban J connectivity index is 1.57. The van der Waals surface area contributed by atoms with Crippen LogP contribution in [0.2, 0.25) is 0 Å². The van der Waals surface area contributed by atoms with Gasteiger partial charge in [0, 0.05) is 38.8 Å². The van der Waals surface area contributed by atoms with Gasteiger partial charge in [-0.2, -0.15) is 0 Å². The first kappa shape index (κ1) is 13.3. The maximum absolute atomic E-state index is 12.5. The average molecular weight is 269 g/mol. The van der Waals surface area contributed by atoms with Crippen LogP contribution in [0, 0.1) is 0 Å². The number of carbonyl (C=O) groups is 1. The lowest BCUT2D eigenvalue weighted by molar-refractivity contribution is -0.136. The first-order valence-corrected chi connectivity index (χ1v) is 7.17. The number of morpholine rings is 1. The van der Waals surface area contributed by atoms with E-state index in [1.807, 2.05) is 4.90 Å². The van der Waals surface area contributed by atoms with Gasteiger partial charge in [-0.25, -0.2) is 0 Å². The van der Waals surface area contributed by atoms with Gasteiger partial charge >= 0.3 is 0 Å². The maximum atomic E-state index is 12.5. The van der Waals surface area contributed by atoms with E-state index in [2.05, 4.69) is 4.90 Å². The number of carbonyl (C=O) groups excluding carboxylic acids is 1. The molecule has 0 aromatic rings. The van der Waals surface area contributed by atoms with E-state index in [1.165, 1.54) is 0 Å². The van der Waals surface area contributed by atoms with Crippen LogP contribution in [-0.4, -0.2) is 79.9 Å². The Morgan fingerprint density at radius 3 is 2.63 bits per heavy atom. The molecule has 0 aromatic heterocycles. The molecule has 0 saturated carbocycles. The van der Waals surface area contributed by atoms with E-state index in [0.717, 1.165) is 45.8 Å². The summed E-state index contributed by atoms with van der Waals surface area (Å²) < 4.78 is 10.7. The van der Waals surface area contributed by atoms with Gasteiger partial charge in [0.1, 0.15) is 5.54 Å². The third-order valence-corrected chi connectivity index (χ3v) is 4.49. The summed E-state index contributed by atoms with van der Waals surface area (Å²) >= 11 is 0. The molecule has 0 radical (unpaired) electrons. The average Bonchev–Trinajstić information content (AvgIpc) is 3.09. The zero-order valence-electron chi connectivity index (χ0n) is 11.3. The second-order valence-electron chi connectivity index (χ2n) is 5.80. The molecule has 1 amide bonds. The third kappa shape index (κ3) is 2.63. The minimum Gasteiger partial charge on any atom is -0.379 e. The molecule has 6 heteroatoms. The summed E-state index contributed by atoms with van der Waals surface area (Å²) in [5, 5.41) is 0. The Bertz CT molecular complexity index is 338. The number of hydrogen-bond acceptors (Lipinski definition) is 5. The van der Waals surface area contributed by atoms with Gasteiger partial charge in [-0.05, 0) is 12.8 Å². The molecule has 0 aliphatic carbocycles. The number of hydrogen-bond donors (Lipinski definition) is 1. The Morgan fingerprint density at radius 2 is 1.95 bits per heavy atom. The van der Waals surface area contributed by atoms with Gasteiger partial charge in [0.2, 0.25) is 5.91 Å². The fourth-order valence-corrected chi connectivity index (χ4v) is 3.23. The van der Waals surface area contributed by atoms with Gasteiger partial charge in [0.05, 0.1) is 19.8 Å². The van der Waals surface area contributed by atoms with E-state index >= 15 is 0 Å². The number of likely N-dealkylation sites (tertiary alicyclic amines) is 1. The molecule has 2 atom stereocenters. The third-order valence-electron chi connectivity index (χ3n) is 4.49. The minimum atomic E-state index is -0.778. The molecular formula is C13H23N3O3. The van der Waals surface area contributed by atoms with Crippen LogP contribution in [-0.2, 0) is 14.3 Å². The van der Waals surface area contributed by atoms with Crippen LogP contribution in [0.5, 0.6) is 0 Å². The van der Waals surface area contributed by atoms with Crippen molar-refractivity contribution in [1.29, 1.82) is 0 Å². The molecule has 3 aliphatic heterocycles. The fraction of sp³-hybridized carbons (Fsp3) is 0.923. The summed E-state index contributed by atoms with van der Waals surface area (Å²) in [5.41, 5.74) is 5.38. The quantitative estimate of drug-likeness (QED) is 0.699. The maximum Gasteiger partial charge on any atom is 0.245 e. The largest absolute Gasteiger partial charge is 0.379 e. The highest BCUT2D eigenvalue weighted by molar-refractivity contribution is 5.87. The van der Waals surface area contributed by atoms with E-state index in [0.29, 0.717) is 25.7 Å². The van der Waals surface area contributed by atoms with Crippen LogP contribution >= 0.6 is 0 Å². The second-order valence-corrected chi connectivity index (χ2v) is 5.80. The Hall–Kier alpha value is -0.690. The summed E-state index contributed by atoms with van der Waals surface area (Å²) in [6.45, 7) is 6.15. The zero-order valence-corrected chi connectivity index (χ0v) is 11.3. The number of ether oxygens (including phenoxy) is 2. The van der Waals surface area contributed by atoms with Crippen molar-refractivity contribution >= 4 is 5.91 Å². The molecule has 0 bridgehead atoms. The topological polar surface area (TPSA) is 68.0 Å². The molecule has 0 spiro atoms. The predicted octanol–water partition coefficient (Wildman–Crippen LogP) is -0.963. The summed E-state index contributed by atoms with van der Waals surface area (Å²) in [5.74, 6) is 0.0701. The van der Waals surface area contributed by atoms with E-state index in [1.54, 1.807) is 0 Å². The molecule has 108 valence electrons. The van der Waals surface area contributed by atoms with Gasteiger partial charge < -0.3 is 20.1 Å².